The van der Waals surface area contributed by atoms with E-state index in [9.17, 15) is 0 Å². The van der Waals surface area contributed by atoms with E-state index in [-0.39, 0.29) is 10.8 Å². The molecular weight excluding hydrogens is 856 g/mol. The van der Waals surface area contributed by atoms with Gasteiger partial charge in [0.2, 0.25) is 5.69 Å². The Labute approximate surface area is 368 Å². The molecule has 2 nitrogen and oxygen atoms in total. The lowest BCUT2D eigenvalue weighted by atomic mass is 9.79. The fourth-order valence-corrected chi connectivity index (χ4v) is 11.7. The quantitative estimate of drug-likeness (QED) is 0.0858. The standard InChI is InChI=1S/C53H57Br2N2S/c1-7-9-14-32-56-45-28-20-38-34-40(54)24-26-43(38)49(45)52(3,4)47(56)30-22-36-18-19-37(51(36)58-42-16-12-11-13-17-42)23-31-48-53(5,6)50-44-27-25-41(55)35-39(44)21-29-46(50)57(48)33-15-10-8-2/h11-13,16-17,20-31,34-35H,7-10,14-15,18-19,32-33H2,1-6H3/q+1. The van der Waals surface area contributed by atoms with E-state index in [0.29, 0.717) is 0 Å². The van der Waals surface area contributed by atoms with Crippen molar-refractivity contribution in [1.82, 2.24) is 0 Å². The zero-order valence-corrected chi connectivity index (χ0v) is 39.1. The number of fused-ring (bicyclic) bond motifs is 6. The van der Waals surface area contributed by atoms with Crippen molar-refractivity contribution in [3.8, 4) is 0 Å². The van der Waals surface area contributed by atoms with Crippen LogP contribution in [-0.2, 0) is 10.8 Å². The van der Waals surface area contributed by atoms with Crippen molar-refractivity contribution in [3.05, 3.63) is 157 Å². The summed E-state index contributed by atoms with van der Waals surface area (Å²) >= 11 is 9.39. The molecule has 0 saturated heterocycles. The molecule has 0 radical (unpaired) electrons. The molecule has 58 heavy (non-hydrogen) atoms. The second-order valence-electron chi connectivity index (χ2n) is 17.3. The minimum Gasteiger partial charge on any atom is -0.344 e. The van der Waals surface area contributed by atoms with Crippen LogP contribution in [0.2, 0.25) is 0 Å². The summed E-state index contributed by atoms with van der Waals surface area (Å²) in [6.07, 6.45) is 19.3. The second-order valence-corrected chi connectivity index (χ2v) is 20.3. The monoisotopic (exact) mass is 911 g/mol. The highest BCUT2D eigenvalue weighted by atomic mass is 79.9. The summed E-state index contributed by atoms with van der Waals surface area (Å²) in [7, 11) is 0. The number of thioether (sulfide) groups is 1. The lowest BCUT2D eigenvalue weighted by Gasteiger charge is -2.27. The molecular formula is C53H57Br2N2S+. The molecule has 8 rings (SSSR count). The van der Waals surface area contributed by atoms with Gasteiger partial charge in [-0.05, 0) is 132 Å². The van der Waals surface area contributed by atoms with Gasteiger partial charge in [-0.25, -0.2) is 0 Å². The van der Waals surface area contributed by atoms with Gasteiger partial charge in [0.25, 0.3) is 0 Å². The van der Waals surface area contributed by atoms with Crippen LogP contribution in [0.1, 0.15) is 104 Å². The van der Waals surface area contributed by atoms with E-state index >= 15 is 0 Å². The number of benzene rings is 5. The van der Waals surface area contributed by atoms with Crippen molar-refractivity contribution >= 4 is 82.3 Å². The Bertz CT molecular complexity index is 2530. The maximum absolute atomic E-state index is 3.73. The molecule has 2 heterocycles. The Morgan fingerprint density at radius 1 is 0.690 bits per heavy atom. The van der Waals surface area contributed by atoms with Crippen LogP contribution in [0.3, 0.4) is 0 Å². The number of hydrogen-bond acceptors (Lipinski definition) is 2. The normalized spacial score (nSPS) is 18.6. The average molecular weight is 914 g/mol. The van der Waals surface area contributed by atoms with E-state index in [1.807, 2.05) is 11.8 Å². The Balaban J connectivity index is 1.22. The van der Waals surface area contributed by atoms with Crippen LogP contribution in [0.5, 0.6) is 0 Å². The van der Waals surface area contributed by atoms with Crippen LogP contribution >= 0.6 is 43.6 Å². The topological polar surface area (TPSA) is 6.25 Å². The molecule has 5 aromatic rings. The number of unbranched alkanes of at least 4 members (excludes halogenated alkanes) is 4. The first-order valence-corrected chi connectivity index (χ1v) is 23.9. The molecule has 0 amide bonds. The van der Waals surface area contributed by atoms with Crippen molar-refractivity contribution in [2.75, 3.05) is 18.0 Å². The predicted molar refractivity (Wildman–Crippen MR) is 259 cm³/mol. The molecule has 1 aliphatic carbocycles. The first-order chi connectivity index (χ1) is 28.0. The Hall–Kier alpha value is -3.64. The molecule has 0 fully saturated rings. The van der Waals surface area contributed by atoms with Gasteiger partial charge in [-0.2, -0.15) is 4.58 Å². The molecule has 0 aromatic heterocycles. The summed E-state index contributed by atoms with van der Waals surface area (Å²) < 4.78 is 4.89. The molecule has 0 saturated carbocycles. The minimum atomic E-state index is -0.134. The number of halogens is 2. The van der Waals surface area contributed by atoms with Gasteiger partial charge in [0.15, 0.2) is 5.71 Å². The minimum absolute atomic E-state index is 0.134. The lowest BCUT2D eigenvalue weighted by molar-refractivity contribution is -0.438. The fraction of sp³-hybridized carbons (Fsp3) is 0.340. The summed E-state index contributed by atoms with van der Waals surface area (Å²) in [5.41, 5.74) is 11.0. The molecule has 0 bridgehead atoms. The predicted octanol–water partition coefficient (Wildman–Crippen LogP) is 16.3. The third-order valence-electron chi connectivity index (χ3n) is 12.7. The largest absolute Gasteiger partial charge is 0.344 e. The van der Waals surface area contributed by atoms with E-state index in [4.69, 9.17) is 0 Å². The zero-order valence-electron chi connectivity index (χ0n) is 35.1. The fourth-order valence-electron chi connectivity index (χ4n) is 9.77. The smallest absolute Gasteiger partial charge is 0.210 e. The van der Waals surface area contributed by atoms with Crippen molar-refractivity contribution in [1.29, 1.82) is 0 Å². The van der Waals surface area contributed by atoms with Crippen LogP contribution in [0.25, 0.3) is 21.5 Å². The van der Waals surface area contributed by atoms with Gasteiger partial charge in [0, 0.05) is 66.2 Å². The molecule has 2 aliphatic heterocycles. The van der Waals surface area contributed by atoms with E-state index in [1.54, 1.807) is 0 Å². The molecule has 3 aliphatic rings. The van der Waals surface area contributed by atoms with Gasteiger partial charge >= 0.3 is 0 Å². The Morgan fingerprint density at radius 2 is 1.36 bits per heavy atom. The Kier molecular flexibility index (Phi) is 12.2. The van der Waals surface area contributed by atoms with Crippen LogP contribution < -0.4 is 4.90 Å². The van der Waals surface area contributed by atoms with Crippen molar-refractivity contribution in [3.63, 3.8) is 0 Å². The summed E-state index contributed by atoms with van der Waals surface area (Å²) in [5, 5.41) is 5.30. The second kappa shape index (κ2) is 17.1. The molecule has 298 valence electrons. The number of anilines is 1. The van der Waals surface area contributed by atoms with Gasteiger partial charge in [-0.3, -0.25) is 0 Å². The average Bonchev–Trinajstić information content (AvgIpc) is 3.76. The van der Waals surface area contributed by atoms with Gasteiger partial charge in [0.1, 0.15) is 6.54 Å². The first-order valence-electron chi connectivity index (χ1n) is 21.5. The SMILES string of the molecule is CCCCCN1/C(=C/C=C2\CCC(/C=C/C3=[N+](CCCCC)c4ccc5cc(Br)ccc5c4C3(C)C)=C2Sc2ccccc2)C(C)(C)c2c1ccc1cc(Br)ccc21. The highest BCUT2D eigenvalue weighted by Crippen LogP contribution is 2.52. The lowest BCUT2D eigenvalue weighted by Crippen LogP contribution is -2.28. The molecule has 0 atom stereocenters. The zero-order chi connectivity index (χ0) is 40.6. The van der Waals surface area contributed by atoms with Crippen molar-refractivity contribution in [2.24, 2.45) is 0 Å². The van der Waals surface area contributed by atoms with E-state index in [0.717, 1.165) is 34.9 Å². The molecule has 0 N–H and O–H groups in total. The van der Waals surface area contributed by atoms with Crippen molar-refractivity contribution < 1.29 is 4.58 Å². The maximum Gasteiger partial charge on any atom is 0.210 e. The van der Waals surface area contributed by atoms with Crippen LogP contribution in [0.15, 0.2) is 151 Å². The summed E-state index contributed by atoms with van der Waals surface area (Å²) in [6, 6.07) is 33.9. The third kappa shape index (κ3) is 7.77. The molecule has 0 spiro atoms. The maximum atomic E-state index is 3.73. The summed E-state index contributed by atoms with van der Waals surface area (Å²) in [4.78, 5) is 5.33. The highest BCUT2D eigenvalue weighted by Gasteiger charge is 2.45. The van der Waals surface area contributed by atoms with Gasteiger partial charge in [0.05, 0.1) is 5.41 Å². The van der Waals surface area contributed by atoms with E-state index in [2.05, 4.69) is 198 Å². The van der Waals surface area contributed by atoms with Crippen LogP contribution in [0, 0.1) is 0 Å². The number of allylic oxidation sites excluding steroid dienone is 7. The molecule has 5 heteroatoms. The number of hydrogen-bond donors (Lipinski definition) is 0. The Morgan fingerprint density at radius 3 is 2.07 bits per heavy atom. The van der Waals surface area contributed by atoms with Crippen LogP contribution in [0.4, 0.5) is 11.4 Å². The number of nitrogens with zero attached hydrogens (tertiary/aromatic N) is 2. The van der Waals surface area contributed by atoms with E-state index < -0.39 is 0 Å². The molecule has 0 unspecified atom stereocenters. The van der Waals surface area contributed by atoms with Gasteiger partial charge in [-0.15, -0.1) is 0 Å². The third-order valence-corrected chi connectivity index (χ3v) is 14.9. The van der Waals surface area contributed by atoms with Gasteiger partial charge in [-0.1, -0.05) is 139 Å². The first kappa shape index (κ1) is 41.1. The summed E-state index contributed by atoms with van der Waals surface area (Å²) in [6.45, 7) is 16.4. The van der Waals surface area contributed by atoms with E-state index in [1.165, 1.54) is 115 Å². The number of rotatable bonds is 13. The van der Waals surface area contributed by atoms with Gasteiger partial charge < -0.3 is 4.90 Å². The van der Waals surface area contributed by atoms with Crippen molar-refractivity contribution in [2.45, 2.75) is 109 Å². The highest BCUT2D eigenvalue weighted by molar-refractivity contribution is 9.10. The molecule has 5 aromatic carbocycles. The van der Waals surface area contributed by atoms with Crippen LogP contribution in [-0.4, -0.2) is 23.4 Å². The summed E-state index contributed by atoms with van der Waals surface area (Å²) in [5.74, 6) is 0.